The summed E-state index contributed by atoms with van der Waals surface area (Å²) in [6, 6.07) is 10.3. The van der Waals surface area contributed by atoms with Crippen molar-refractivity contribution in [3.63, 3.8) is 0 Å². The molecule has 3 rings (SSSR count). The zero-order valence-electron chi connectivity index (χ0n) is 10.3. The Labute approximate surface area is 119 Å². The third kappa shape index (κ3) is 2.50. The largest absolute Gasteiger partial charge is 0.303 e. The molecule has 0 aliphatic rings. The summed E-state index contributed by atoms with van der Waals surface area (Å²) in [6.45, 7) is 0. The van der Waals surface area contributed by atoms with E-state index >= 15 is 0 Å². The van der Waals surface area contributed by atoms with Crippen molar-refractivity contribution < 1.29 is 0 Å². The predicted octanol–water partition coefficient (Wildman–Crippen LogP) is 3.19. The van der Waals surface area contributed by atoms with Crippen molar-refractivity contribution in [3.05, 3.63) is 51.9 Å². The quantitative estimate of drug-likeness (QED) is 0.753. The number of hydrogen-bond acceptors (Lipinski definition) is 4. The molecular formula is C13H12N4S2. The maximum atomic E-state index is 5.11. The van der Waals surface area contributed by atoms with Gasteiger partial charge in [-0.05, 0) is 17.8 Å². The monoisotopic (exact) mass is 288 g/mol. The number of benzene rings is 1. The molecule has 96 valence electrons. The summed E-state index contributed by atoms with van der Waals surface area (Å²) >= 11 is 6.76. The summed E-state index contributed by atoms with van der Waals surface area (Å²) in [6.07, 6.45) is 2.70. The van der Waals surface area contributed by atoms with Crippen LogP contribution in [0.15, 0.2) is 36.5 Å². The normalized spacial score (nSPS) is 10.8. The Morgan fingerprint density at radius 3 is 2.79 bits per heavy atom. The molecule has 0 amide bonds. The fraction of sp³-hybridized carbons (Fsp3) is 0.154. The zero-order valence-corrected chi connectivity index (χ0v) is 12.0. The van der Waals surface area contributed by atoms with Crippen LogP contribution >= 0.6 is 23.6 Å². The van der Waals surface area contributed by atoms with Crippen LogP contribution in [-0.2, 0) is 13.5 Å². The molecule has 6 heteroatoms. The van der Waals surface area contributed by atoms with Gasteiger partial charge in [0.25, 0.3) is 0 Å². The smallest absolute Gasteiger partial charge is 0.195 e. The second kappa shape index (κ2) is 5.07. The van der Waals surface area contributed by atoms with Crippen LogP contribution in [0.5, 0.6) is 0 Å². The van der Waals surface area contributed by atoms with Crippen molar-refractivity contribution >= 4 is 23.6 Å². The third-order valence-electron chi connectivity index (χ3n) is 2.85. The SMILES string of the molecule is Cn1c(-c2cnc(Cc3ccccc3)s2)n[nH]c1=S. The van der Waals surface area contributed by atoms with E-state index in [1.54, 1.807) is 11.3 Å². The highest BCUT2D eigenvalue weighted by Gasteiger charge is 2.10. The highest BCUT2D eigenvalue weighted by Crippen LogP contribution is 2.25. The molecule has 0 aliphatic carbocycles. The molecule has 19 heavy (non-hydrogen) atoms. The average Bonchev–Trinajstić information content (AvgIpc) is 3.00. The van der Waals surface area contributed by atoms with Gasteiger partial charge in [0.05, 0.1) is 9.88 Å². The van der Waals surface area contributed by atoms with E-state index in [4.69, 9.17) is 12.2 Å². The first-order chi connectivity index (χ1) is 9.24. The Balaban J connectivity index is 1.88. The molecule has 0 unspecified atom stereocenters. The van der Waals surface area contributed by atoms with Crippen LogP contribution < -0.4 is 0 Å². The van der Waals surface area contributed by atoms with E-state index in [9.17, 15) is 0 Å². The van der Waals surface area contributed by atoms with Crippen molar-refractivity contribution in [3.8, 4) is 10.7 Å². The van der Waals surface area contributed by atoms with Crippen LogP contribution in [0, 0.1) is 4.77 Å². The van der Waals surface area contributed by atoms with Gasteiger partial charge in [0.1, 0.15) is 0 Å². The summed E-state index contributed by atoms with van der Waals surface area (Å²) in [5.41, 5.74) is 1.26. The van der Waals surface area contributed by atoms with E-state index in [1.807, 2.05) is 36.0 Å². The van der Waals surface area contributed by atoms with Crippen LogP contribution in [0.2, 0.25) is 0 Å². The number of aromatic nitrogens is 4. The molecular weight excluding hydrogens is 276 g/mol. The summed E-state index contributed by atoms with van der Waals surface area (Å²) < 4.78 is 2.47. The van der Waals surface area contributed by atoms with E-state index in [2.05, 4.69) is 27.3 Å². The molecule has 0 saturated carbocycles. The third-order valence-corrected chi connectivity index (χ3v) is 4.21. The van der Waals surface area contributed by atoms with Gasteiger partial charge < -0.3 is 4.57 Å². The maximum Gasteiger partial charge on any atom is 0.195 e. The van der Waals surface area contributed by atoms with E-state index in [1.165, 1.54) is 5.56 Å². The highest BCUT2D eigenvalue weighted by molar-refractivity contribution is 7.71. The number of aromatic amines is 1. The van der Waals surface area contributed by atoms with Crippen LogP contribution in [0.1, 0.15) is 10.6 Å². The number of nitrogens with one attached hydrogen (secondary N) is 1. The Bertz CT molecular complexity index is 739. The Hall–Kier alpha value is -1.79. The molecule has 2 heterocycles. The maximum absolute atomic E-state index is 5.11. The Kier molecular flexibility index (Phi) is 3.27. The van der Waals surface area contributed by atoms with Crippen LogP contribution in [0.4, 0.5) is 0 Å². The molecule has 0 atom stereocenters. The van der Waals surface area contributed by atoms with Crippen molar-refractivity contribution in [2.24, 2.45) is 7.05 Å². The minimum absolute atomic E-state index is 0.619. The molecule has 1 aromatic carbocycles. The Morgan fingerprint density at radius 1 is 1.32 bits per heavy atom. The summed E-state index contributed by atoms with van der Waals surface area (Å²) in [5.74, 6) is 0.835. The number of hydrogen-bond donors (Lipinski definition) is 1. The van der Waals surface area contributed by atoms with Gasteiger partial charge in [-0.3, -0.25) is 5.10 Å². The van der Waals surface area contributed by atoms with Crippen molar-refractivity contribution in [1.82, 2.24) is 19.7 Å². The lowest BCUT2D eigenvalue weighted by atomic mass is 10.2. The first kappa shape index (κ1) is 12.3. The van der Waals surface area contributed by atoms with Crippen molar-refractivity contribution in [2.45, 2.75) is 6.42 Å². The molecule has 4 nitrogen and oxygen atoms in total. The Morgan fingerprint density at radius 2 is 2.11 bits per heavy atom. The lowest BCUT2D eigenvalue weighted by molar-refractivity contribution is 0.903. The number of H-pyrrole nitrogens is 1. The first-order valence-electron chi connectivity index (χ1n) is 5.84. The zero-order chi connectivity index (χ0) is 13.2. The van der Waals surface area contributed by atoms with Gasteiger partial charge in [-0.15, -0.1) is 11.3 Å². The van der Waals surface area contributed by atoms with Crippen LogP contribution in [-0.4, -0.2) is 19.7 Å². The van der Waals surface area contributed by atoms with Gasteiger partial charge in [0.2, 0.25) is 0 Å². The molecule has 1 N–H and O–H groups in total. The number of rotatable bonds is 3. The van der Waals surface area contributed by atoms with Gasteiger partial charge >= 0.3 is 0 Å². The first-order valence-corrected chi connectivity index (χ1v) is 7.07. The minimum atomic E-state index is 0.619. The van der Waals surface area contributed by atoms with Crippen molar-refractivity contribution in [1.29, 1.82) is 0 Å². The molecule has 0 radical (unpaired) electrons. The lowest BCUT2D eigenvalue weighted by Crippen LogP contribution is -1.90. The molecule has 0 saturated heterocycles. The highest BCUT2D eigenvalue weighted by atomic mass is 32.1. The lowest BCUT2D eigenvalue weighted by Gasteiger charge is -1.96. The van der Waals surface area contributed by atoms with Gasteiger partial charge in [-0.25, -0.2) is 4.98 Å². The second-order valence-electron chi connectivity index (χ2n) is 4.19. The molecule has 0 spiro atoms. The van der Waals surface area contributed by atoms with Gasteiger partial charge in [-0.2, -0.15) is 5.10 Å². The van der Waals surface area contributed by atoms with E-state index in [0.29, 0.717) is 4.77 Å². The predicted molar refractivity (Wildman–Crippen MR) is 78.7 cm³/mol. The number of thiazole rings is 1. The molecule has 3 aromatic rings. The van der Waals surface area contributed by atoms with Gasteiger partial charge in [0.15, 0.2) is 10.6 Å². The average molecular weight is 288 g/mol. The fourth-order valence-corrected chi connectivity index (χ4v) is 2.94. The molecule has 0 fully saturated rings. The van der Waals surface area contributed by atoms with E-state index in [0.717, 1.165) is 22.1 Å². The summed E-state index contributed by atoms with van der Waals surface area (Å²) in [7, 11) is 1.90. The van der Waals surface area contributed by atoms with Crippen LogP contribution in [0.25, 0.3) is 10.7 Å². The summed E-state index contributed by atoms with van der Waals surface area (Å²) in [5, 5.41) is 8.09. The van der Waals surface area contributed by atoms with Crippen LogP contribution in [0.3, 0.4) is 0 Å². The van der Waals surface area contributed by atoms with Crippen molar-refractivity contribution in [2.75, 3.05) is 0 Å². The van der Waals surface area contributed by atoms with E-state index < -0.39 is 0 Å². The molecule has 2 aromatic heterocycles. The van der Waals surface area contributed by atoms with E-state index in [-0.39, 0.29) is 0 Å². The standard InChI is InChI=1S/C13H12N4S2/c1-17-12(15-16-13(17)18)10-8-14-11(19-10)7-9-5-3-2-4-6-9/h2-6,8H,7H2,1H3,(H,16,18). The second-order valence-corrected chi connectivity index (χ2v) is 5.69. The topological polar surface area (TPSA) is 46.5 Å². The summed E-state index contributed by atoms with van der Waals surface area (Å²) in [4.78, 5) is 5.48. The minimum Gasteiger partial charge on any atom is -0.303 e. The van der Waals surface area contributed by atoms with Gasteiger partial charge in [0, 0.05) is 19.7 Å². The van der Waals surface area contributed by atoms with Gasteiger partial charge in [-0.1, -0.05) is 30.3 Å². The fourth-order valence-electron chi connectivity index (χ4n) is 1.83. The number of nitrogens with zero attached hydrogens (tertiary/aromatic N) is 3. The molecule has 0 aliphatic heterocycles. The molecule has 0 bridgehead atoms.